The molecule has 5 aromatic rings. The number of fused-ring (bicyclic) bond motifs is 12. The van der Waals surface area contributed by atoms with Crippen LogP contribution < -0.4 is 4.90 Å². The Kier molecular flexibility index (Phi) is 5.85. The van der Waals surface area contributed by atoms with Crippen LogP contribution in [0.25, 0.3) is 33.5 Å². The van der Waals surface area contributed by atoms with Gasteiger partial charge in [0.25, 0.3) is 0 Å². The molecule has 0 atom stereocenters. The van der Waals surface area contributed by atoms with Gasteiger partial charge in [0.15, 0.2) is 5.66 Å². The number of imidazole rings is 1. The summed E-state index contributed by atoms with van der Waals surface area (Å²) in [4.78, 5) is 7.88. The van der Waals surface area contributed by atoms with E-state index in [1.807, 2.05) is 0 Å². The topological polar surface area (TPSA) is 61.5 Å². The molecule has 3 aliphatic rings. The number of aromatic nitrogens is 2. The smallest absolute Gasteiger partial charge is 0.173 e. The molecule has 2 heterocycles. The van der Waals surface area contributed by atoms with Gasteiger partial charge in [-0.15, -0.1) is 0 Å². The van der Waals surface area contributed by atoms with Gasteiger partial charge in [-0.1, -0.05) is 131 Å². The maximum atomic E-state index is 12.9. The Hall–Kier alpha value is -4.25. The van der Waals surface area contributed by atoms with Gasteiger partial charge in [0.1, 0.15) is 28.4 Å². The molecular formula is C43H49N3O2. The average molecular weight is 640 g/mol. The van der Waals surface area contributed by atoms with Gasteiger partial charge in [-0.2, -0.15) is 0 Å². The highest BCUT2D eigenvalue weighted by molar-refractivity contribution is 6.00. The summed E-state index contributed by atoms with van der Waals surface area (Å²) < 4.78 is 2.28. The summed E-state index contributed by atoms with van der Waals surface area (Å²) in [5.74, 6) is 1.39. The largest absolute Gasteiger partial charge is 0.505 e. The van der Waals surface area contributed by atoms with Crippen molar-refractivity contribution in [2.75, 3.05) is 11.9 Å². The molecule has 48 heavy (non-hydrogen) atoms. The van der Waals surface area contributed by atoms with Crippen LogP contribution in [0.1, 0.15) is 115 Å². The fraction of sp³-hybridized carbons (Fsp3) is 0.419. The number of hydrogen-bond donors (Lipinski definition) is 2. The van der Waals surface area contributed by atoms with Crippen LogP contribution in [0.4, 0.5) is 5.69 Å². The van der Waals surface area contributed by atoms with Crippen molar-refractivity contribution in [1.29, 1.82) is 0 Å². The molecule has 0 saturated carbocycles. The second kappa shape index (κ2) is 9.05. The minimum atomic E-state index is -0.874. The van der Waals surface area contributed by atoms with E-state index in [0.717, 1.165) is 39.3 Å². The third-order valence-corrected chi connectivity index (χ3v) is 13.4. The molecule has 1 spiro atoms. The molecular weight excluding hydrogens is 590 g/mol. The Balaban J connectivity index is 1.65. The maximum Gasteiger partial charge on any atom is 0.173 e. The zero-order valence-electron chi connectivity index (χ0n) is 30.6. The van der Waals surface area contributed by atoms with Crippen LogP contribution in [0.15, 0.2) is 60.7 Å². The van der Waals surface area contributed by atoms with Gasteiger partial charge in [0.05, 0.1) is 5.69 Å². The molecule has 0 amide bonds. The maximum absolute atomic E-state index is 12.9. The van der Waals surface area contributed by atoms with Crippen molar-refractivity contribution in [3.8, 4) is 34.0 Å². The van der Waals surface area contributed by atoms with Crippen LogP contribution in [0, 0.1) is 5.41 Å². The number of aromatic hydroxyl groups is 2. The van der Waals surface area contributed by atoms with Crippen LogP contribution in [0.3, 0.4) is 0 Å². The lowest BCUT2D eigenvalue weighted by Gasteiger charge is -2.49. The summed E-state index contributed by atoms with van der Waals surface area (Å²) in [6, 6.07) is 22.0. The lowest BCUT2D eigenvalue weighted by molar-refractivity contribution is 0.123. The van der Waals surface area contributed by atoms with E-state index >= 15 is 0 Å². The lowest BCUT2D eigenvalue weighted by Crippen LogP contribution is -2.52. The van der Waals surface area contributed by atoms with Crippen LogP contribution in [0.5, 0.6) is 11.5 Å². The van der Waals surface area contributed by atoms with E-state index in [9.17, 15) is 10.2 Å². The number of nitrogens with zero attached hydrogens (tertiary/aromatic N) is 3. The van der Waals surface area contributed by atoms with Crippen LogP contribution in [-0.4, -0.2) is 26.8 Å². The molecule has 0 bridgehead atoms. The Morgan fingerprint density at radius 3 is 1.79 bits per heavy atom. The molecule has 4 aromatic carbocycles. The monoisotopic (exact) mass is 639 g/mol. The van der Waals surface area contributed by atoms with Gasteiger partial charge in [0, 0.05) is 34.9 Å². The van der Waals surface area contributed by atoms with Crippen molar-refractivity contribution in [1.82, 2.24) is 9.55 Å². The van der Waals surface area contributed by atoms with Crippen molar-refractivity contribution in [3.63, 3.8) is 0 Å². The molecule has 1 aromatic heterocycles. The van der Waals surface area contributed by atoms with E-state index < -0.39 is 16.5 Å². The first-order chi connectivity index (χ1) is 22.3. The summed E-state index contributed by atoms with van der Waals surface area (Å²) >= 11 is 0. The first-order valence-corrected chi connectivity index (χ1v) is 17.5. The first kappa shape index (κ1) is 31.0. The molecule has 0 saturated heterocycles. The van der Waals surface area contributed by atoms with E-state index in [0.29, 0.717) is 11.0 Å². The fourth-order valence-electron chi connectivity index (χ4n) is 9.54. The molecule has 8 rings (SSSR count). The summed E-state index contributed by atoms with van der Waals surface area (Å²) in [5, 5.41) is 25.4. The number of hydrogen-bond acceptors (Lipinski definition) is 4. The highest BCUT2D eigenvalue weighted by Crippen LogP contribution is 2.68. The van der Waals surface area contributed by atoms with E-state index in [1.165, 1.54) is 22.3 Å². The van der Waals surface area contributed by atoms with E-state index in [2.05, 4.69) is 153 Å². The highest BCUT2D eigenvalue weighted by Gasteiger charge is 2.61. The number of benzene rings is 4. The van der Waals surface area contributed by atoms with Crippen LogP contribution >= 0.6 is 0 Å². The van der Waals surface area contributed by atoms with Gasteiger partial charge < -0.3 is 15.1 Å². The van der Waals surface area contributed by atoms with Gasteiger partial charge in [-0.25, -0.2) is 4.98 Å². The Bertz CT molecular complexity index is 2180. The van der Waals surface area contributed by atoms with E-state index in [1.54, 1.807) is 0 Å². The molecule has 0 unspecified atom stereocenters. The van der Waals surface area contributed by atoms with Gasteiger partial charge in [-0.05, 0) is 55.9 Å². The van der Waals surface area contributed by atoms with E-state index in [-0.39, 0.29) is 28.2 Å². The predicted octanol–water partition coefficient (Wildman–Crippen LogP) is 10.3. The Labute approximate surface area is 285 Å². The van der Waals surface area contributed by atoms with Crippen LogP contribution in [0.2, 0.25) is 0 Å². The van der Waals surface area contributed by atoms with Crippen molar-refractivity contribution >= 4 is 16.7 Å². The van der Waals surface area contributed by atoms with Crippen molar-refractivity contribution < 1.29 is 10.2 Å². The molecule has 248 valence electrons. The molecule has 5 heteroatoms. The second-order valence-corrected chi connectivity index (χ2v) is 17.5. The predicted molar refractivity (Wildman–Crippen MR) is 198 cm³/mol. The number of phenolic OH excluding ortho intramolecular Hbond substituents is 2. The molecule has 0 radical (unpaired) electrons. The van der Waals surface area contributed by atoms with Gasteiger partial charge in [-0.3, -0.25) is 4.57 Å². The quantitative estimate of drug-likeness (QED) is 0.179. The second-order valence-electron chi connectivity index (χ2n) is 17.5. The molecule has 5 nitrogen and oxygen atoms in total. The Morgan fingerprint density at radius 2 is 1.27 bits per heavy atom. The molecule has 1 aliphatic heterocycles. The fourth-order valence-corrected chi connectivity index (χ4v) is 9.54. The van der Waals surface area contributed by atoms with Crippen molar-refractivity contribution in [2.24, 2.45) is 5.41 Å². The van der Waals surface area contributed by atoms with Crippen molar-refractivity contribution in [2.45, 2.75) is 104 Å². The standard InChI is InChI=1S/C43H49N3O2/c1-23(2)27-21-24(39(3,4)5)22-30-31(27)38-44-34-35(37(48)33-32(36(34)47)40(6,7)42(10,11)41(33,8)9)46(38)43(45(30)12)28-19-15-13-17-25(28)26-18-14-16-20-29(26)43/h13-23,47-48H,1-12H3. The lowest BCUT2D eigenvalue weighted by atomic mass is 9.59. The van der Waals surface area contributed by atoms with Crippen molar-refractivity contribution in [3.05, 3.63) is 94.0 Å². The molecule has 0 fully saturated rings. The SMILES string of the molecule is CC(C)c1cc(C(C)(C)C)cc2c1-c1nc3c(O)c4c(c(O)c3n1C1(c3ccccc3-c3ccccc31)N2C)C(C)(C)C(C)(C)C4(C)C. The van der Waals surface area contributed by atoms with Gasteiger partial charge in [0.2, 0.25) is 0 Å². The Morgan fingerprint density at radius 1 is 0.750 bits per heavy atom. The average Bonchev–Trinajstić information content (AvgIpc) is 3.59. The highest BCUT2D eigenvalue weighted by atomic mass is 16.3. The molecule has 2 aliphatic carbocycles. The minimum Gasteiger partial charge on any atom is -0.505 e. The first-order valence-electron chi connectivity index (χ1n) is 17.5. The third-order valence-electron chi connectivity index (χ3n) is 13.4. The third kappa shape index (κ3) is 3.26. The summed E-state index contributed by atoms with van der Waals surface area (Å²) in [5.41, 5.74) is 9.84. The minimum absolute atomic E-state index is 0.0724. The summed E-state index contributed by atoms with van der Waals surface area (Å²) in [7, 11) is 2.20. The zero-order valence-corrected chi connectivity index (χ0v) is 30.6. The van der Waals surface area contributed by atoms with Gasteiger partial charge >= 0.3 is 0 Å². The van der Waals surface area contributed by atoms with Crippen LogP contribution in [-0.2, 0) is 21.9 Å². The summed E-state index contributed by atoms with van der Waals surface area (Å²) in [6.07, 6.45) is 0. The number of phenols is 2. The number of anilines is 1. The van der Waals surface area contributed by atoms with E-state index in [4.69, 9.17) is 4.98 Å². The summed E-state index contributed by atoms with van der Waals surface area (Å²) in [6.45, 7) is 24.6. The number of rotatable bonds is 1. The zero-order chi connectivity index (χ0) is 34.7. The normalized spacial score (nSPS) is 19.0. The molecule has 2 N–H and O–H groups in total.